The van der Waals surface area contributed by atoms with Gasteiger partial charge in [-0.05, 0) is 41.1 Å². The minimum Gasteiger partial charge on any atom is -0.451 e. The normalized spacial score (nSPS) is 11.7. The molecule has 0 aliphatic rings. The van der Waals surface area contributed by atoms with Gasteiger partial charge in [0.25, 0.3) is 0 Å². The maximum Gasteiger partial charge on any atom is 0.185 e. The van der Waals surface area contributed by atoms with Crippen LogP contribution in [0.25, 0.3) is 22.9 Å². The summed E-state index contributed by atoms with van der Waals surface area (Å²) >= 11 is 7.46. The number of aromatic nitrogens is 4. The average Bonchev–Trinajstić information content (AvgIpc) is 3.38. The van der Waals surface area contributed by atoms with Crippen molar-refractivity contribution in [1.82, 2.24) is 19.7 Å². The Morgan fingerprint density at radius 1 is 1.10 bits per heavy atom. The highest BCUT2D eigenvalue weighted by Crippen LogP contribution is 2.35. The van der Waals surface area contributed by atoms with E-state index in [1.807, 2.05) is 12.1 Å². The van der Waals surface area contributed by atoms with Crippen LogP contribution in [0, 0.1) is 5.82 Å². The predicted octanol–water partition coefficient (Wildman–Crippen LogP) is 6.35. The zero-order valence-electron chi connectivity index (χ0n) is 17.5. The van der Waals surface area contributed by atoms with E-state index < -0.39 is 5.82 Å². The van der Waals surface area contributed by atoms with Crippen LogP contribution < -0.4 is 4.72 Å². The second-order valence-corrected chi connectivity index (χ2v) is 9.36. The number of halogens is 2. The number of hydrogen-bond acceptors (Lipinski definition) is 6. The Morgan fingerprint density at radius 3 is 2.45 bits per heavy atom. The van der Waals surface area contributed by atoms with Gasteiger partial charge in [-0.3, -0.25) is 0 Å². The van der Waals surface area contributed by atoms with Gasteiger partial charge in [0.1, 0.15) is 17.8 Å². The van der Waals surface area contributed by atoms with Crippen LogP contribution in [-0.2, 0) is 12.5 Å². The topological polar surface area (TPSA) is 68.8 Å². The maximum absolute atomic E-state index is 14.3. The molecule has 9 heteroatoms. The molecule has 0 radical (unpaired) electrons. The quantitative estimate of drug-likeness (QED) is 0.352. The highest BCUT2D eigenvalue weighted by Gasteiger charge is 2.19. The van der Waals surface area contributed by atoms with Gasteiger partial charge >= 0.3 is 0 Å². The van der Waals surface area contributed by atoms with Crippen molar-refractivity contribution in [2.75, 3.05) is 4.72 Å². The van der Waals surface area contributed by atoms with Crippen molar-refractivity contribution in [2.45, 2.75) is 31.1 Å². The van der Waals surface area contributed by atoms with Crippen LogP contribution in [0.15, 0.2) is 58.4 Å². The Morgan fingerprint density at radius 2 is 1.81 bits per heavy atom. The summed E-state index contributed by atoms with van der Waals surface area (Å²) in [6.45, 7) is 6.51. The van der Waals surface area contributed by atoms with E-state index in [4.69, 9.17) is 16.0 Å². The Kier molecular flexibility index (Phi) is 5.77. The molecule has 0 fully saturated rings. The SMILES string of the molecule is Cn1c(-c2cocn2)nnc1-c1cc(Cl)c(F)cc1NSc1ccc(C(C)(C)C)cc1. The molecule has 0 atom stereocenters. The average molecular weight is 458 g/mol. The molecule has 6 nitrogen and oxygen atoms in total. The van der Waals surface area contributed by atoms with Crippen molar-refractivity contribution in [3.8, 4) is 22.9 Å². The van der Waals surface area contributed by atoms with Crippen molar-refractivity contribution in [2.24, 2.45) is 7.05 Å². The van der Waals surface area contributed by atoms with E-state index >= 15 is 0 Å². The second-order valence-electron chi connectivity index (χ2n) is 8.07. The molecule has 0 saturated carbocycles. The van der Waals surface area contributed by atoms with Crippen LogP contribution >= 0.6 is 23.5 Å². The monoisotopic (exact) mass is 457 g/mol. The number of oxazole rings is 1. The lowest BCUT2D eigenvalue weighted by Crippen LogP contribution is -2.10. The minimum absolute atomic E-state index is 0.00562. The fourth-order valence-corrected chi connectivity index (χ4v) is 3.90. The van der Waals surface area contributed by atoms with Gasteiger partial charge in [0.2, 0.25) is 0 Å². The van der Waals surface area contributed by atoms with Gasteiger partial charge in [0.15, 0.2) is 18.0 Å². The Balaban J connectivity index is 1.64. The third kappa shape index (κ3) is 4.45. The second kappa shape index (κ2) is 8.36. The molecule has 0 saturated heterocycles. The van der Waals surface area contributed by atoms with Gasteiger partial charge in [-0.15, -0.1) is 10.2 Å². The molecule has 0 aliphatic heterocycles. The molecular formula is C22H21ClFN5OS. The molecule has 0 aliphatic carbocycles. The summed E-state index contributed by atoms with van der Waals surface area (Å²) in [5.41, 5.74) is 3.03. The summed E-state index contributed by atoms with van der Waals surface area (Å²) in [5, 5.41) is 8.47. The van der Waals surface area contributed by atoms with Crippen LogP contribution in [0.5, 0.6) is 0 Å². The molecule has 31 heavy (non-hydrogen) atoms. The fraction of sp³-hybridized carbons (Fsp3) is 0.227. The van der Waals surface area contributed by atoms with Crippen molar-refractivity contribution in [3.63, 3.8) is 0 Å². The molecule has 0 amide bonds. The van der Waals surface area contributed by atoms with Crippen LogP contribution in [0.4, 0.5) is 10.1 Å². The zero-order chi connectivity index (χ0) is 22.2. The molecule has 4 aromatic rings. The van der Waals surface area contributed by atoms with E-state index in [9.17, 15) is 4.39 Å². The first kappa shape index (κ1) is 21.4. The lowest BCUT2D eigenvalue weighted by Gasteiger charge is -2.19. The highest BCUT2D eigenvalue weighted by atomic mass is 35.5. The summed E-state index contributed by atoms with van der Waals surface area (Å²) in [4.78, 5) is 5.11. The van der Waals surface area contributed by atoms with Crippen LogP contribution in [0.3, 0.4) is 0 Å². The van der Waals surface area contributed by atoms with Crippen molar-refractivity contribution in [1.29, 1.82) is 0 Å². The van der Waals surface area contributed by atoms with Crippen LogP contribution in [-0.4, -0.2) is 19.7 Å². The molecule has 0 bridgehead atoms. The number of nitrogens with one attached hydrogen (secondary N) is 1. The molecule has 2 aromatic heterocycles. The van der Waals surface area contributed by atoms with Crippen molar-refractivity contribution >= 4 is 29.2 Å². The molecule has 2 aromatic carbocycles. The Bertz CT molecular complexity index is 1200. The van der Waals surface area contributed by atoms with E-state index in [1.54, 1.807) is 17.7 Å². The van der Waals surface area contributed by atoms with Gasteiger partial charge in [0, 0.05) is 23.6 Å². The number of anilines is 1. The molecule has 1 N–H and O–H groups in total. The molecular weight excluding hydrogens is 437 g/mol. The lowest BCUT2D eigenvalue weighted by atomic mass is 9.87. The van der Waals surface area contributed by atoms with Gasteiger partial charge in [-0.1, -0.05) is 44.5 Å². The summed E-state index contributed by atoms with van der Waals surface area (Å²) in [7, 11) is 1.80. The summed E-state index contributed by atoms with van der Waals surface area (Å²) in [6.07, 6.45) is 2.81. The minimum atomic E-state index is -0.518. The van der Waals surface area contributed by atoms with E-state index in [1.165, 1.54) is 36.2 Å². The maximum atomic E-state index is 14.3. The third-order valence-electron chi connectivity index (χ3n) is 4.84. The van der Waals surface area contributed by atoms with E-state index in [-0.39, 0.29) is 10.4 Å². The van der Waals surface area contributed by atoms with Crippen molar-refractivity contribution in [3.05, 3.63) is 65.5 Å². The van der Waals surface area contributed by atoms with Gasteiger partial charge in [-0.2, -0.15) is 0 Å². The molecule has 2 heterocycles. The molecule has 4 rings (SSSR count). The molecule has 0 spiro atoms. The summed E-state index contributed by atoms with van der Waals surface area (Å²) in [5.74, 6) is 0.530. The zero-order valence-corrected chi connectivity index (χ0v) is 19.1. The first-order valence-corrected chi connectivity index (χ1v) is 10.7. The van der Waals surface area contributed by atoms with Crippen LogP contribution in [0.2, 0.25) is 5.02 Å². The van der Waals surface area contributed by atoms with E-state index in [0.717, 1.165) is 4.90 Å². The molecule has 160 valence electrons. The van der Waals surface area contributed by atoms with Crippen LogP contribution in [0.1, 0.15) is 26.3 Å². The van der Waals surface area contributed by atoms with Gasteiger partial charge in [0.05, 0.1) is 10.7 Å². The Hall–Kier alpha value is -2.84. The smallest absolute Gasteiger partial charge is 0.185 e. The first-order chi connectivity index (χ1) is 14.7. The Labute approximate surface area is 189 Å². The molecule has 0 unspecified atom stereocenters. The third-order valence-corrected chi connectivity index (χ3v) is 5.96. The summed E-state index contributed by atoms with van der Waals surface area (Å²) < 4.78 is 24.3. The number of hydrogen-bond donors (Lipinski definition) is 1. The largest absolute Gasteiger partial charge is 0.451 e. The number of rotatable bonds is 5. The standard InChI is InChI=1S/C22H21ClFN5OS/c1-22(2,3)13-5-7-14(8-6-13)31-28-18-10-17(24)16(23)9-15(18)20-26-27-21(29(20)4)19-11-30-12-25-19/h5-12,28H,1-4H3. The van der Waals surface area contributed by atoms with Gasteiger partial charge < -0.3 is 13.7 Å². The van der Waals surface area contributed by atoms with E-state index in [0.29, 0.717) is 28.6 Å². The highest BCUT2D eigenvalue weighted by molar-refractivity contribution is 8.00. The summed E-state index contributed by atoms with van der Waals surface area (Å²) in [6, 6.07) is 11.2. The predicted molar refractivity (Wildman–Crippen MR) is 122 cm³/mol. The van der Waals surface area contributed by atoms with Crippen molar-refractivity contribution < 1.29 is 8.81 Å². The number of benzene rings is 2. The number of nitrogens with zero attached hydrogens (tertiary/aromatic N) is 4. The van der Waals surface area contributed by atoms with E-state index in [2.05, 4.69) is 52.8 Å². The lowest BCUT2D eigenvalue weighted by molar-refractivity contribution is 0.558. The fourth-order valence-electron chi connectivity index (χ4n) is 3.06. The first-order valence-electron chi connectivity index (χ1n) is 9.55. The van der Waals surface area contributed by atoms with Gasteiger partial charge in [-0.25, -0.2) is 9.37 Å².